The molecule has 0 bridgehead atoms. The first-order valence-electron chi connectivity index (χ1n) is 7.87. The third kappa shape index (κ3) is 3.45. The van der Waals surface area contributed by atoms with Gasteiger partial charge >= 0.3 is 0 Å². The van der Waals surface area contributed by atoms with Gasteiger partial charge in [0.05, 0.1) is 6.61 Å². The van der Waals surface area contributed by atoms with E-state index < -0.39 is 0 Å². The zero-order valence-corrected chi connectivity index (χ0v) is 12.4. The number of rotatable bonds is 5. The van der Waals surface area contributed by atoms with Gasteiger partial charge in [-0.25, -0.2) is 0 Å². The fourth-order valence-electron chi connectivity index (χ4n) is 3.19. The molecule has 0 aromatic heterocycles. The smallest absolute Gasteiger partial charge is 0.127 e. The van der Waals surface area contributed by atoms with E-state index in [1.54, 1.807) is 0 Å². The molecule has 0 radical (unpaired) electrons. The summed E-state index contributed by atoms with van der Waals surface area (Å²) < 4.78 is 6.05. The molecule has 0 saturated heterocycles. The fourth-order valence-corrected chi connectivity index (χ4v) is 3.19. The Morgan fingerprint density at radius 1 is 0.952 bits per heavy atom. The standard InChI is InChI=1S/C19H23NO/c20-18-11-6-9-16(18)13-14-21-19-12-5-4-10-17(19)15-7-2-1-3-8-15/h1-5,7-8,10,12,16,18H,6,9,11,13-14,20H2. The number of hydrogen-bond donors (Lipinski definition) is 1. The summed E-state index contributed by atoms with van der Waals surface area (Å²) in [7, 11) is 0. The minimum absolute atomic E-state index is 0.373. The van der Waals surface area contributed by atoms with E-state index in [1.807, 2.05) is 12.1 Å². The maximum absolute atomic E-state index is 6.12. The summed E-state index contributed by atoms with van der Waals surface area (Å²) >= 11 is 0. The highest BCUT2D eigenvalue weighted by atomic mass is 16.5. The van der Waals surface area contributed by atoms with Crippen molar-refractivity contribution in [1.82, 2.24) is 0 Å². The van der Waals surface area contributed by atoms with E-state index in [0.29, 0.717) is 12.0 Å². The van der Waals surface area contributed by atoms with E-state index in [9.17, 15) is 0 Å². The first-order chi connectivity index (χ1) is 10.3. The Labute approximate surface area is 126 Å². The predicted octanol–water partition coefficient (Wildman–Crippen LogP) is 4.25. The summed E-state index contributed by atoms with van der Waals surface area (Å²) in [6.45, 7) is 0.752. The van der Waals surface area contributed by atoms with Gasteiger partial charge in [0.15, 0.2) is 0 Å². The SMILES string of the molecule is NC1CCCC1CCOc1ccccc1-c1ccccc1. The lowest BCUT2D eigenvalue weighted by atomic mass is 10.0. The van der Waals surface area contributed by atoms with Gasteiger partial charge in [0.1, 0.15) is 5.75 Å². The Hall–Kier alpha value is -1.80. The van der Waals surface area contributed by atoms with Crippen LogP contribution in [0.25, 0.3) is 11.1 Å². The second-order valence-corrected chi connectivity index (χ2v) is 5.85. The average molecular weight is 281 g/mol. The van der Waals surface area contributed by atoms with Gasteiger partial charge in [-0.2, -0.15) is 0 Å². The van der Waals surface area contributed by atoms with Crippen molar-refractivity contribution in [2.75, 3.05) is 6.61 Å². The number of para-hydroxylation sites is 1. The third-order valence-electron chi connectivity index (χ3n) is 4.44. The van der Waals surface area contributed by atoms with Crippen molar-refractivity contribution < 1.29 is 4.74 Å². The van der Waals surface area contributed by atoms with E-state index in [0.717, 1.165) is 24.3 Å². The van der Waals surface area contributed by atoms with Gasteiger partial charge < -0.3 is 10.5 Å². The van der Waals surface area contributed by atoms with Crippen LogP contribution in [0.1, 0.15) is 25.7 Å². The Morgan fingerprint density at radius 2 is 1.71 bits per heavy atom. The van der Waals surface area contributed by atoms with Crippen molar-refractivity contribution in [1.29, 1.82) is 0 Å². The third-order valence-corrected chi connectivity index (χ3v) is 4.44. The summed E-state index contributed by atoms with van der Waals surface area (Å²) in [5.41, 5.74) is 8.48. The normalized spacial score (nSPS) is 21.4. The minimum atomic E-state index is 0.373. The van der Waals surface area contributed by atoms with Gasteiger partial charge in [-0.15, -0.1) is 0 Å². The van der Waals surface area contributed by atoms with Crippen molar-refractivity contribution in [3.8, 4) is 16.9 Å². The molecule has 2 unspecified atom stereocenters. The molecular formula is C19H23NO. The predicted molar refractivity (Wildman–Crippen MR) is 87.3 cm³/mol. The molecule has 1 aliphatic rings. The number of ether oxygens (including phenoxy) is 1. The van der Waals surface area contributed by atoms with Crippen molar-refractivity contribution in [3.63, 3.8) is 0 Å². The largest absolute Gasteiger partial charge is 0.493 e. The molecule has 0 amide bonds. The summed E-state index contributed by atoms with van der Waals surface area (Å²) in [4.78, 5) is 0. The van der Waals surface area contributed by atoms with E-state index in [-0.39, 0.29) is 0 Å². The molecule has 21 heavy (non-hydrogen) atoms. The highest BCUT2D eigenvalue weighted by molar-refractivity contribution is 5.70. The zero-order valence-electron chi connectivity index (χ0n) is 12.4. The Balaban J connectivity index is 1.66. The quantitative estimate of drug-likeness (QED) is 0.889. The average Bonchev–Trinajstić information content (AvgIpc) is 2.94. The molecule has 2 atom stereocenters. The maximum Gasteiger partial charge on any atom is 0.127 e. The van der Waals surface area contributed by atoms with Crippen LogP contribution in [-0.2, 0) is 0 Å². The van der Waals surface area contributed by atoms with Crippen molar-refractivity contribution >= 4 is 0 Å². The molecule has 0 heterocycles. The molecule has 2 N–H and O–H groups in total. The molecule has 2 nitrogen and oxygen atoms in total. The fraction of sp³-hybridized carbons (Fsp3) is 0.368. The molecule has 2 aromatic carbocycles. The second-order valence-electron chi connectivity index (χ2n) is 5.85. The van der Waals surface area contributed by atoms with Crippen molar-refractivity contribution in [2.45, 2.75) is 31.7 Å². The van der Waals surface area contributed by atoms with Crippen LogP contribution in [0.3, 0.4) is 0 Å². The van der Waals surface area contributed by atoms with Gasteiger partial charge in [0.25, 0.3) is 0 Å². The van der Waals surface area contributed by atoms with Gasteiger partial charge in [-0.1, -0.05) is 55.0 Å². The van der Waals surface area contributed by atoms with Gasteiger partial charge in [0, 0.05) is 11.6 Å². The molecule has 1 fully saturated rings. The van der Waals surface area contributed by atoms with E-state index in [4.69, 9.17) is 10.5 Å². The monoisotopic (exact) mass is 281 g/mol. The van der Waals surface area contributed by atoms with Crippen LogP contribution in [0.5, 0.6) is 5.75 Å². The van der Waals surface area contributed by atoms with Crippen LogP contribution in [0.15, 0.2) is 54.6 Å². The van der Waals surface area contributed by atoms with Crippen molar-refractivity contribution in [2.24, 2.45) is 11.7 Å². The Bertz CT molecular complexity index is 567. The first kappa shape index (κ1) is 14.2. The lowest BCUT2D eigenvalue weighted by Crippen LogP contribution is -2.25. The number of hydrogen-bond acceptors (Lipinski definition) is 2. The minimum Gasteiger partial charge on any atom is -0.493 e. The molecule has 110 valence electrons. The lowest BCUT2D eigenvalue weighted by Gasteiger charge is -2.17. The zero-order chi connectivity index (χ0) is 14.5. The molecule has 2 aromatic rings. The second kappa shape index (κ2) is 6.77. The van der Waals surface area contributed by atoms with E-state index in [1.165, 1.54) is 24.8 Å². The summed E-state index contributed by atoms with van der Waals surface area (Å²) in [6.07, 6.45) is 4.76. The van der Waals surface area contributed by atoms with Crippen LogP contribution in [0.2, 0.25) is 0 Å². The van der Waals surface area contributed by atoms with Crippen molar-refractivity contribution in [3.05, 3.63) is 54.6 Å². The summed E-state index contributed by atoms with van der Waals surface area (Å²) in [6, 6.07) is 19.0. The maximum atomic E-state index is 6.12. The van der Waals surface area contributed by atoms with Crippen LogP contribution < -0.4 is 10.5 Å². The number of benzene rings is 2. The van der Waals surface area contributed by atoms with Crippen LogP contribution in [0, 0.1) is 5.92 Å². The molecule has 0 aliphatic heterocycles. The van der Waals surface area contributed by atoms with E-state index in [2.05, 4.69) is 42.5 Å². The molecule has 1 aliphatic carbocycles. The Kier molecular flexibility index (Phi) is 4.56. The number of nitrogens with two attached hydrogens (primary N) is 1. The molecule has 2 heteroatoms. The lowest BCUT2D eigenvalue weighted by molar-refractivity contribution is 0.272. The van der Waals surface area contributed by atoms with E-state index >= 15 is 0 Å². The topological polar surface area (TPSA) is 35.2 Å². The first-order valence-corrected chi connectivity index (χ1v) is 7.87. The summed E-state index contributed by atoms with van der Waals surface area (Å²) in [5.74, 6) is 1.60. The Morgan fingerprint density at radius 3 is 2.48 bits per heavy atom. The van der Waals surface area contributed by atoms with Gasteiger partial charge in [-0.05, 0) is 36.8 Å². The summed E-state index contributed by atoms with van der Waals surface area (Å²) in [5, 5.41) is 0. The molecular weight excluding hydrogens is 258 g/mol. The highest BCUT2D eigenvalue weighted by Gasteiger charge is 2.23. The van der Waals surface area contributed by atoms with Crippen LogP contribution in [-0.4, -0.2) is 12.6 Å². The highest BCUT2D eigenvalue weighted by Crippen LogP contribution is 2.31. The molecule has 0 spiro atoms. The van der Waals surface area contributed by atoms with Gasteiger partial charge in [0.2, 0.25) is 0 Å². The van der Waals surface area contributed by atoms with Gasteiger partial charge in [-0.3, -0.25) is 0 Å². The van der Waals surface area contributed by atoms with Crippen LogP contribution >= 0.6 is 0 Å². The molecule has 1 saturated carbocycles. The van der Waals surface area contributed by atoms with Crippen LogP contribution in [0.4, 0.5) is 0 Å². The molecule has 3 rings (SSSR count).